The summed E-state index contributed by atoms with van der Waals surface area (Å²) in [5, 5.41) is 1.44. The highest BCUT2D eigenvalue weighted by Crippen LogP contribution is 2.58. The van der Waals surface area contributed by atoms with E-state index in [0.29, 0.717) is 0 Å². The van der Waals surface area contributed by atoms with Gasteiger partial charge in [-0.15, -0.1) is 0 Å². The molecule has 2 heteroatoms. The van der Waals surface area contributed by atoms with Crippen LogP contribution in [0.4, 0.5) is 0 Å². The highest BCUT2D eigenvalue weighted by Gasteiger charge is 2.17. The second-order valence-corrected chi connectivity index (χ2v) is 11.0. The molecule has 3 aromatic carbocycles. The number of hydrogen-bond donors (Lipinski definition) is 0. The third-order valence-electron chi connectivity index (χ3n) is 3.72. The van der Waals surface area contributed by atoms with Crippen molar-refractivity contribution >= 4 is 38.5 Å². The third-order valence-corrected chi connectivity index (χ3v) is 6.26. The Balaban J connectivity index is 2.32. The van der Waals surface area contributed by atoms with E-state index in [2.05, 4.69) is 120 Å². The monoisotopic (exact) mass is 428 g/mol. The van der Waals surface area contributed by atoms with Gasteiger partial charge in [-0.2, -0.15) is 0 Å². The van der Waals surface area contributed by atoms with Gasteiger partial charge in [0, 0.05) is 5.31 Å². The summed E-state index contributed by atoms with van der Waals surface area (Å²) in [6.45, 7) is 2.32. The van der Waals surface area contributed by atoms with Crippen LogP contribution < -0.4 is 0 Å². The molecule has 114 valence electrons. The Morgan fingerprint density at radius 3 is 1.30 bits per heavy atom. The fraction of sp³-hybridized carbons (Fsp3) is 0.0476. The lowest BCUT2D eigenvalue weighted by atomic mass is 9.95. The molecule has 0 aliphatic heterocycles. The van der Waals surface area contributed by atoms with Gasteiger partial charge >= 0.3 is 0 Å². The lowest BCUT2D eigenvalue weighted by Gasteiger charge is -2.19. The molecule has 0 aliphatic carbocycles. The highest BCUT2D eigenvalue weighted by molar-refractivity contribution is 14.2. The molecule has 0 heterocycles. The highest BCUT2D eigenvalue weighted by atomic mass is 127. The van der Waals surface area contributed by atoms with E-state index in [0.717, 1.165) is 0 Å². The first kappa shape index (κ1) is 16.4. The zero-order valence-corrected chi connectivity index (χ0v) is 16.0. The summed E-state index contributed by atoms with van der Waals surface area (Å²) in [7, 11) is 0. The van der Waals surface area contributed by atoms with Gasteiger partial charge in [0.15, 0.2) is 0 Å². The first-order chi connectivity index (χ1) is 11.3. The molecule has 0 saturated heterocycles. The SMILES string of the molecule is CP(I)C(=C(c1ccccc1)c1ccccc1)c1ccccc1. The van der Waals surface area contributed by atoms with E-state index in [9.17, 15) is 0 Å². The molecule has 3 rings (SSSR count). The molecule has 3 aromatic rings. The third kappa shape index (κ3) is 3.91. The molecule has 0 radical (unpaired) electrons. The summed E-state index contributed by atoms with van der Waals surface area (Å²) >= 11 is 2.58. The van der Waals surface area contributed by atoms with E-state index < -0.39 is 0 Å². The molecule has 0 aromatic heterocycles. The maximum atomic E-state index is 2.58. The summed E-state index contributed by atoms with van der Waals surface area (Å²) in [4.78, 5) is 0. The number of benzene rings is 3. The van der Waals surface area contributed by atoms with Crippen LogP contribution in [-0.2, 0) is 0 Å². The van der Waals surface area contributed by atoms with E-state index in [1.54, 1.807) is 0 Å². The maximum Gasteiger partial charge on any atom is 0.00143 e. The van der Waals surface area contributed by atoms with Crippen molar-refractivity contribution in [2.24, 2.45) is 0 Å². The molecule has 23 heavy (non-hydrogen) atoms. The van der Waals surface area contributed by atoms with Gasteiger partial charge in [-0.05, 0) is 56.5 Å². The summed E-state index contributed by atoms with van der Waals surface area (Å²) in [5.74, 6) is 0. The quantitative estimate of drug-likeness (QED) is 0.237. The Hall–Kier alpha value is -1.44. The minimum atomic E-state index is -0.277. The Labute approximate surface area is 152 Å². The van der Waals surface area contributed by atoms with Crippen molar-refractivity contribution in [2.75, 3.05) is 6.66 Å². The average Bonchev–Trinajstić information content (AvgIpc) is 2.61. The van der Waals surface area contributed by atoms with Crippen LogP contribution in [0.2, 0.25) is 0 Å². The predicted molar refractivity (Wildman–Crippen MR) is 112 cm³/mol. The first-order valence-corrected chi connectivity index (χ1v) is 12.1. The predicted octanol–water partition coefficient (Wildman–Crippen LogP) is 7.06. The van der Waals surface area contributed by atoms with Crippen LogP contribution in [0.25, 0.3) is 10.9 Å². The Morgan fingerprint density at radius 2 is 0.957 bits per heavy atom. The zero-order chi connectivity index (χ0) is 16.1. The summed E-state index contributed by atoms with van der Waals surface area (Å²) in [6.07, 6.45) is 0. The van der Waals surface area contributed by atoms with Crippen molar-refractivity contribution in [1.29, 1.82) is 0 Å². The summed E-state index contributed by atoms with van der Waals surface area (Å²) in [5.41, 5.74) is 4.95. The van der Waals surface area contributed by atoms with Crippen molar-refractivity contribution in [3.05, 3.63) is 108 Å². The standard InChI is InChI=1S/C21H18IP/c1-23(22)21(19-15-9-4-10-16-19)20(17-11-5-2-6-12-17)18-13-7-3-8-14-18/h2-16H,1H3. The van der Waals surface area contributed by atoms with E-state index in [-0.39, 0.29) is 5.56 Å². The van der Waals surface area contributed by atoms with E-state index in [1.807, 2.05) is 0 Å². The molecular formula is C21H18IP. The van der Waals surface area contributed by atoms with Crippen LogP contribution in [0.5, 0.6) is 0 Å². The lowest BCUT2D eigenvalue weighted by molar-refractivity contribution is 1.55. The van der Waals surface area contributed by atoms with Crippen LogP contribution in [0.1, 0.15) is 16.7 Å². The average molecular weight is 428 g/mol. The number of rotatable bonds is 4. The van der Waals surface area contributed by atoms with Crippen LogP contribution in [-0.4, -0.2) is 6.66 Å². The maximum absolute atomic E-state index is 2.58. The molecule has 0 fully saturated rings. The smallest absolute Gasteiger partial charge is 0.00143 e. The molecular weight excluding hydrogens is 410 g/mol. The first-order valence-electron chi connectivity index (χ1n) is 7.57. The van der Waals surface area contributed by atoms with Crippen LogP contribution >= 0.6 is 27.6 Å². The van der Waals surface area contributed by atoms with Crippen LogP contribution in [0.3, 0.4) is 0 Å². The zero-order valence-electron chi connectivity index (χ0n) is 13.0. The second-order valence-electron chi connectivity index (χ2n) is 5.30. The molecule has 0 saturated carbocycles. The topological polar surface area (TPSA) is 0 Å². The van der Waals surface area contributed by atoms with Gasteiger partial charge in [-0.1, -0.05) is 91.0 Å². The minimum Gasteiger partial charge on any atom is -0.0622 e. The Kier molecular flexibility index (Phi) is 5.64. The van der Waals surface area contributed by atoms with E-state index >= 15 is 0 Å². The lowest BCUT2D eigenvalue weighted by Crippen LogP contribution is -1.93. The van der Waals surface area contributed by atoms with Crippen molar-refractivity contribution in [3.8, 4) is 0 Å². The summed E-state index contributed by atoms with van der Waals surface area (Å²) < 4.78 is 0. The van der Waals surface area contributed by atoms with E-state index in [4.69, 9.17) is 0 Å². The molecule has 1 unspecified atom stereocenters. The molecule has 0 aliphatic rings. The molecule has 0 amide bonds. The Morgan fingerprint density at radius 1 is 0.609 bits per heavy atom. The molecule has 1 atom stereocenters. The van der Waals surface area contributed by atoms with Crippen molar-refractivity contribution < 1.29 is 0 Å². The van der Waals surface area contributed by atoms with Crippen molar-refractivity contribution in [1.82, 2.24) is 0 Å². The van der Waals surface area contributed by atoms with Gasteiger partial charge in [0.2, 0.25) is 0 Å². The van der Waals surface area contributed by atoms with Crippen molar-refractivity contribution in [3.63, 3.8) is 0 Å². The normalized spacial score (nSPS) is 11.7. The van der Waals surface area contributed by atoms with Gasteiger partial charge in [0.1, 0.15) is 0 Å². The fourth-order valence-electron chi connectivity index (χ4n) is 2.72. The largest absolute Gasteiger partial charge is 0.0622 e. The van der Waals surface area contributed by atoms with Crippen molar-refractivity contribution in [2.45, 2.75) is 0 Å². The minimum absolute atomic E-state index is 0.277. The van der Waals surface area contributed by atoms with Gasteiger partial charge in [-0.25, -0.2) is 0 Å². The molecule has 0 N–H and O–H groups in total. The van der Waals surface area contributed by atoms with Crippen LogP contribution in [0, 0.1) is 0 Å². The number of halogens is 1. The fourth-order valence-corrected chi connectivity index (χ4v) is 5.35. The summed E-state index contributed by atoms with van der Waals surface area (Å²) in [6, 6.07) is 32.2. The molecule has 0 spiro atoms. The number of hydrogen-bond acceptors (Lipinski definition) is 0. The van der Waals surface area contributed by atoms with Gasteiger partial charge in [0.25, 0.3) is 0 Å². The second kappa shape index (κ2) is 7.90. The molecule has 0 nitrogen and oxygen atoms in total. The van der Waals surface area contributed by atoms with Gasteiger partial charge in [-0.3, -0.25) is 0 Å². The van der Waals surface area contributed by atoms with E-state index in [1.165, 1.54) is 27.6 Å². The van der Waals surface area contributed by atoms with Crippen LogP contribution in [0.15, 0.2) is 91.0 Å². The Bertz CT molecular complexity index is 736. The van der Waals surface area contributed by atoms with Gasteiger partial charge < -0.3 is 0 Å². The van der Waals surface area contributed by atoms with Gasteiger partial charge in [0.05, 0.1) is 0 Å². The molecule has 0 bridgehead atoms.